The molecule has 0 unspecified atom stereocenters. The summed E-state index contributed by atoms with van der Waals surface area (Å²) in [7, 11) is 0. The summed E-state index contributed by atoms with van der Waals surface area (Å²) in [5.41, 5.74) is 0.926. The Labute approximate surface area is 115 Å². The van der Waals surface area contributed by atoms with Crippen molar-refractivity contribution >= 4 is 5.97 Å². The number of hydrogen-bond donors (Lipinski definition) is 1. The van der Waals surface area contributed by atoms with E-state index in [0.717, 1.165) is 24.6 Å². The largest absolute Gasteiger partial charge is 0.481 e. The highest BCUT2D eigenvalue weighted by atomic mass is 16.4. The standard InChI is InChI=1S/C13H15N5O2/c19-13(20)6-10-7-17(8-10)9-12-14-15-16-18(12)11-4-2-1-3-5-11/h1-5,10H,6-9H2,(H,19,20). The average molecular weight is 273 g/mol. The van der Waals surface area contributed by atoms with E-state index < -0.39 is 5.97 Å². The van der Waals surface area contributed by atoms with Crippen LogP contribution in [0, 0.1) is 5.92 Å². The van der Waals surface area contributed by atoms with E-state index in [0.29, 0.717) is 6.54 Å². The summed E-state index contributed by atoms with van der Waals surface area (Å²) in [5.74, 6) is 0.280. The number of carbonyl (C=O) groups is 1. The van der Waals surface area contributed by atoms with E-state index in [1.54, 1.807) is 4.68 Å². The topological polar surface area (TPSA) is 84.1 Å². The Morgan fingerprint density at radius 1 is 1.30 bits per heavy atom. The normalized spacial score (nSPS) is 16.0. The summed E-state index contributed by atoms with van der Waals surface area (Å²) in [5, 5.41) is 20.5. The third-order valence-electron chi connectivity index (χ3n) is 3.40. The summed E-state index contributed by atoms with van der Waals surface area (Å²) < 4.78 is 1.71. The number of aliphatic carboxylic acids is 1. The molecule has 2 heterocycles. The van der Waals surface area contributed by atoms with Gasteiger partial charge in [-0.1, -0.05) is 18.2 Å². The number of nitrogens with zero attached hydrogens (tertiary/aromatic N) is 5. The lowest BCUT2D eigenvalue weighted by atomic mass is 9.96. The first kappa shape index (κ1) is 12.7. The average Bonchev–Trinajstić information content (AvgIpc) is 2.85. The Morgan fingerprint density at radius 3 is 2.75 bits per heavy atom. The number of carboxylic acids is 1. The van der Waals surface area contributed by atoms with Crippen LogP contribution in [0.4, 0.5) is 0 Å². The summed E-state index contributed by atoms with van der Waals surface area (Å²) in [6, 6.07) is 9.71. The highest BCUT2D eigenvalue weighted by molar-refractivity contribution is 5.67. The molecular formula is C13H15N5O2. The van der Waals surface area contributed by atoms with Gasteiger partial charge in [-0.05, 0) is 28.5 Å². The van der Waals surface area contributed by atoms with Gasteiger partial charge in [-0.15, -0.1) is 5.10 Å². The second-order valence-electron chi connectivity index (χ2n) is 5.00. The number of aromatic nitrogens is 4. The van der Waals surface area contributed by atoms with Crippen molar-refractivity contribution in [2.24, 2.45) is 5.92 Å². The quantitative estimate of drug-likeness (QED) is 0.857. The number of carboxylic acid groups (broad SMARTS) is 1. The van der Waals surface area contributed by atoms with E-state index in [1.165, 1.54) is 0 Å². The molecule has 0 amide bonds. The second-order valence-corrected chi connectivity index (χ2v) is 5.00. The molecule has 0 saturated carbocycles. The number of hydrogen-bond acceptors (Lipinski definition) is 5. The van der Waals surface area contributed by atoms with E-state index in [9.17, 15) is 4.79 Å². The minimum absolute atomic E-state index is 0.236. The van der Waals surface area contributed by atoms with Crippen molar-refractivity contribution in [3.63, 3.8) is 0 Å². The minimum atomic E-state index is -0.733. The molecule has 1 fully saturated rings. The molecule has 7 heteroatoms. The van der Waals surface area contributed by atoms with E-state index in [-0.39, 0.29) is 12.3 Å². The molecule has 1 aromatic heterocycles. The van der Waals surface area contributed by atoms with Gasteiger partial charge < -0.3 is 5.11 Å². The van der Waals surface area contributed by atoms with E-state index >= 15 is 0 Å². The zero-order valence-electron chi connectivity index (χ0n) is 10.9. The predicted octanol–water partition coefficient (Wildman–Crippen LogP) is 0.569. The molecule has 0 spiro atoms. The van der Waals surface area contributed by atoms with E-state index in [1.807, 2.05) is 30.3 Å². The minimum Gasteiger partial charge on any atom is -0.481 e. The summed E-state index contributed by atoms with van der Waals surface area (Å²) >= 11 is 0. The first-order valence-corrected chi connectivity index (χ1v) is 6.49. The maximum atomic E-state index is 10.6. The Kier molecular flexibility index (Phi) is 3.42. The fourth-order valence-corrected chi connectivity index (χ4v) is 2.46. The van der Waals surface area contributed by atoms with Crippen LogP contribution in [0.3, 0.4) is 0 Å². The number of benzene rings is 1. The van der Waals surface area contributed by atoms with Gasteiger partial charge in [0.1, 0.15) is 0 Å². The molecule has 1 saturated heterocycles. The number of para-hydroxylation sites is 1. The number of rotatable bonds is 5. The molecule has 2 aromatic rings. The van der Waals surface area contributed by atoms with Crippen molar-refractivity contribution in [3.05, 3.63) is 36.2 Å². The van der Waals surface area contributed by atoms with Crippen molar-refractivity contribution in [2.45, 2.75) is 13.0 Å². The van der Waals surface area contributed by atoms with Crippen molar-refractivity contribution in [2.75, 3.05) is 13.1 Å². The fourth-order valence-electron chi connectivity index (χ4n) is 2.46. The van der Waals surface area contributed by atoms with Gasteiger partial charge in [0.05, 0.1) is 18.7 Å². The monoisotopic (exact) mass is 273 g/mol. The molecule has 0 atom stereocenters. The Balaban J connectivity index is 1.63. The van der Waals surface area contributed by atoms with Crippen LogP contribution in [0.1, 0.15) is 12.2 Å². The number of likely N-dealkylation sites (tertiary alicyclic amines) is 1. The van der Waals surface area contributed by atoms with Crippen molar-refractivity contribution in [1.82, 2.24) is 25.1 Å². The van der Waals surface area contributed by atoms with Crippen LogP contribution in [0.25, 0.3) is 5.69 Å². The molecule has 3 rings (SSSR count). The summed E-state index contributed by atoms with van der Waals surface area (Å²) in [6.07, 6.45) is 0.236. The Hall–Kier alpha value is -2.28. The molecule has 0 aliphatic carbocycles. The van der Waals surface area contributed by atoms with E-state index in [4.69, 9.17) is 5.11 Å². The van der Waals surface area contributed by atoms with Crippen LogP contribution >= 0.6 is 0 Å². The third-order valence-corrected chi connectivity index (χ3v) is 3.40. The van der Waals surface area contributed by atoms with Crippen molar-refractivity contribution < 1.29 is 9.90 Å². The molecule has 1 aromatic carbocycles. The second kappa shape index (κ2) is 5.38. The first-order chi connectivity index (χ1) is 9.72. The molecule has 7 nitrogen and oxygen atoms in total. The van der Waals surface area contributed by atoms with Crippen molar-refractivity contribution in [3.8, 4) is 5.69 Å². The predicted molar refractivity (Wildman–Crippen MR) is 70.2 cm³/mol. The summed E-state index contributed by atoms with van der Waals surface area (Å²) in [6.45, 7) is 2.21. The van der Waals surface area contributed by atoms with Gasteiger partial charge in [0.25, 0.3) is 0 Å². The van der Waals surface area contributed by atoms with Gasteiger partial charge in [0.15, 0.2) is 5.82 Å². The zero-order chi connectivity index (χ0) is 13.9. The smallest absolute Gasteiger partial charge is 0.303 e. The molecule has 104 valence electrons. The lowest BCUT2D eigenvalue weighted by Gasteiger charge is -2.37. The van der Waals surface area contributed by atoms with Crippen LogP contribution in [0.5, 0.6) is 0 Å². The zero-order valence-corrected chi connectivity index (χ0v) is 10.9. The maximum Gasteiger partial charge on any atom is 0.303 e. The van der Waals surface area contributed by atoms with Crippen LogP contribution in [0.2, 0.25) is 0 Å². The Bertz CT molecular complexity index is 592. The van der Waals surface area contributed by atoms with Gasteiger partial charge in [0.2, 0.25) is 0 Å². The van der Waals surface area contributed by atoms with Gasteiger partial charge in [-0.25, -0.2) is 0 Å². The Morgan fingerprint density at radius 2 is 2.05 bits per heavy atom. The molecule has 20 heavy (non-hydrogen) atoms. The molecular weight excluding hydrogens is 258 g/mol. The van der Waals surface area contributed by atoms with Gasteiger partial charge in [-0.2, -0.15) is 4.68 Å². The van der Waals surface area contributed by atoms with Gasteiger partial charge in [-0.3, -0.25) is 9.69 Å². The van der Waals surface area contributed by atoms with Crippen LogP contribution in [0.15, 0.2) is 30.3 Å². The van der Waals surface area contributed by atoms with Crippen LogP contribution < -0.4 is 0 Å². The van der Waals surface area contributed by atoms with E-state index in [2.05, 4.69) is 20.4 Å². The number of tetrazole rings is 1. The lowest BCUT2D eigenvalue weighted by molar-refractivity contribution is -0.139. The SMILES string of the molecule is O=C(O)CC1CN(Cc2nnnn2-c2ccccc2)C1. The maximum absolute atomic E-state index is 10.6. The highest BCUT2D eigenvalue weighted by Crippen LogP contribution is 2.21. The van der Waals surface area contributed by atoms with Crippen molar-refractivity contribution in [1.29, 1.82) is 0 Å². The van der Waals surface area contributed by atoms with Crippen LogP contribution in [-0.4, -0.2) is 49.3 Å². The molecule has 1 N–H and O–H groups in total. The van der Waals surface area contributed by atoms with Gasteiger partial charge in [0, 0.05) is 13.1 Å². The molecule has 1 aliphatic rings. The van der Waals surface area contributed by atoms with Crippen LogP contribution in [-0.2, 0) is 11.3 Å². The first-order valence-electron chi connectivity index (χ1n) is 6.49. The third kappa shape index (κ3) is 2.67. The molecule has 0 radical (unpaired) electrons. The fraction of sp³-hybridized carbons (Fsp3) is 0.385. The molecule has 1 aliphatic heterocycles. The highest BCUT2D eigenvalue weighted by Gasteiger charge is 2.29. The summed E-state index contributed by atoms with van der Waals surface area (Å²) in [4.78, 5) is 12.8. The lowest BCUT2D eigenvalue weighted by Crippen LogP contribution is -2.47. The molecule has 0 bridgehead atoms. The van der Waals surface area contributed by atoms with Gasteiger partial charge >= 0.3 is 5.97 Å².